The Morgan fingerprint density at radius 2 is 1.61 bits per heavy atom. The summed E-state index contributed by atoms with van der Waals surface area (Å²) in [7, 11) is -8.16. The van der Waals surface area contributed by atoms with E-state index in [-0.39, 0.29) is 21.8 Å². The number of rotatable bonds is 4. The molecule has 0 saturated heterocycles. The molecule has 0 bridgehead atoms. The molecule has 0 aliphatic heterocycles. The lowest BCUT2D eigenvalue weighted by Gasteiger charge is -2.11. The van der Waals surface area contributed by atoms with Crippen LogP contribution in [-0.4, -0.2) is 23.4 Å². The maximum Gasteiger partial charge on any atom is 0.238 e. The Kier molecular flexibility index (Phi) is 4.13. The molecule has 4 N–H and O–H groups in total. The summed E-state index contributed by atoms with van der Waals surface area (Å²) in [6, 6.07) is 2.09. The summed E-state index contributed by atoms with van der Waals surface area (Å²) in [5.41, 5.74) is 0.571. The Bertz CT molecular complexity index is 664. The zero-order valence-corrected chi connectivity index (χ0v) is 11.2. The van der Waals surface area contributed by atoms with Gasteiger partial charge in [0.1, 0.15) is 0 Å². The summed E-state index contributed by atoms with van der Waals surface area (Å²) in [5, 5.41) is 20.6. The van der Waals surface area contributed by atoms with Crippen molar-refractivity contribution in [3.63, 3.8) is 0 Å². The number of hydrogen-bond donors (Lipinski definition) is 2. The van der Waals surface area contributed by atoms with Crippen LogP contribution in [-0.2, 0) is 31.6 Å². The highest BCUT2D eigenvalue weighted by atomic mass is 32.2. The molecule has 0 fully saturated rings. The van der Waals surface area contributed by atoms with Crippen LogP contribution in [0.2, 0.25) is 0 Å². The van der Waals surface area contributed by atoms with Crippen LogP contribution < -0.4 is 10.3 Å². The maximum absolute atomic E-state index is 11.4. The van der Waals surface area contributed by atoms with Crippen molar-refractivity contribution in [3.05, 3.63) is 23.3 Å². The minimum absolute atomic E-state index is 0.0531. The van der Waals surface area contributed by atoms with Gasteiger partial charge in [0, 0.05) is 6.42 Å². The lowest BCUT2D eigenvalue weighted by molar-refractivity contribution is 0.196. The molecule has 0 saturated carbocycles. The van der Waals surface area contributed by atoms with Crippen molar-refractivity contribution < 1.29 is 21.9 Å². The Labute approximate surface area is 106 Å². The van der Waals surface area contributed by atoms with Gasteiger partial charge in [-0.3, -0.25) is 0 Å². The molecule has 0 aliphatic rings. The van der Waals surface area contributed by atoms with Gasteiger partial charge in [-0.15, -0.1) is 0 Å². The Balaban J connectivity index is 3.69. The van der Waals surface area contributed by atoms with Crippen molar-refractivity contribution in [2.75, 3.05) is 6.61 Å². The van der Waals surface area contributed by atoms with Gasteiger partial charge in [-0.25, -0.2) is 32.2 Å². The van der Waals surface area contributed by atoms with Gasteiger partial charge in [0.25, 0.3) is 0 Å². The van der Waals surface area contributed by atoms with Crippen LogP contribution in [0.25, 0.3) is 0 Å². The minimum atomic E-state index is -4.12. The summed E-state index contributed by atoms with van der Waals surface area (Å²) in [5.74, 6) is 0. The van der Waals surface area contributed by atoms with E-state index in [2.05, 4.69) is 0 Å². The molecule has 0 aliphatic carbocycles. The number of nitrogens with two attached hydrogens (primary N) is 2. The van der Waals surface area contributed by atoms with Gasteiger partial charge >= 0.3 is 0 Å². The van der Waals surface area contributed by atoms with Crippen molar-refractivity contribution in [1.82, 2.24) is 0 Å². The van der Waals surface area contributed by atoms with Crippen LogP contribution in [0.3, 0.4) is 0 Å². The molecular weight excluding hydrogens is 280 g/mol. The highest BCUT2D eigenvalue weighted by Crippen LogP contribution is 2.23. The Hall–Kier alpha value is -1.00. The zero-order chi connectivity index (χ0) is 14.1. The topological polar surface area (TPSA) is 140 Å². The molecule has 18 heavy (non-hydrogen) atoms. The smallest absolute Gasteiger partial charge is 0.236 e. The molecule has 0 aromatic heterocycles. The molecule has 101 valence electrons. The quantitative estimate of drug-likeness (QED) is 0.754. The molecule has 0 amide bonds. The van der Waals surface area contributed by atoms with Gasteiger partial charge in [-0.1, -0.05) is 0 Å². The van der Waals surface area contributed by atoms with E-state index in [0.29, 0.717) is 5.56 Å². The van der Waals surface area contributed by atoms with Crippen molar-refractivity contribution >= 4 is 20.0 Å². The number of primary sulfonamides is 2. The summed E-state index contributed by atoms with van der Waals surface area (Å²) < 4.78 is 45.2. The van der Waals surface area contributed by atoms with E-state index in [1.165, 1.54) is 13.0 Å². The molecule has 0 unspecified atom stereocenters. The molecule has 9 heteroatoms. The van der Waals surface area contributed by atoms with E-state index < -0.39 is 26.7 Å². The van der Waals surface area contributed by atoms with E-state index in [1.807, 2.05) is 0 Å². The number of hydrogen-bond acceptors (Lipinski definition) is 4. The second-order valence-electron chi connectivity index (χ2n) is 3.76. The summed E-state index contributed by atoms with van der Waals surface area (Å²) in [6.45, 7) is 0.965. The van der Waals surface area contributed by atoms with Crippen LogP contribution in [0, 0.1) is 6.92 Å². The van der Waals surface area contributed by atoms with E-state index in [0.717, 1.165) is 6.07 Å². The zero-order valence-electron chi connectivity index (χ0n) is 9.58. The first-order valence-electron chi connectivity index (χ1n) is 4.84. The third-order valence-corrected chi connectivity index (χ3v) is 4.26. The van der Waals surface area contributed by atoms with E-state index >= 15 is 0 Å². The van der Waals surface area contributed by atoms with Gasteiger partial charge in [-0.2, -0.15) is 0 Å². The standard InChI is InChI=1S/C9H13N2O5S2/c1-6-4-7(17(10,13)14)5-9(18(11,15)16)8(6)2-3-12/h4-5H,2-3H2,1H3,(H2,10,13,14)(H2,11,15,16). The van der Waals surface area contributed by atoms with Crippen molar-refractivity contribution in [3.8, 4) is 0 Å². The molecule has 1 radical (unpaired) electrons. The first kappa shape index (κ1) is 15.1. The highest BCUT2D eigenvalue weighted by Gasteiger charge is 2.20. The summed E-state index contributed by atoms with van der Waals surface area (Å²) in [4.78, 5) is -0.721. The Morgan fingerprint density at radius 1 is 1.06 bits per heavy atom. The molecule has 7 nitrogen and oxygen atoms in total. The summed E-state index contributed by atoms with van der Waals surface area (Å²) in [6.07, 6.45) is -0.0531. The van der Waals surface area contributed by atoms with E-state index in [1.54, 1.807) is 0 Å². The Morgan fingerprint density at radius 3 is 2.00 bits per heavy atom. The van der Waals surface area contributed by atoms with Gasteiger partial charge in [0.15, 0.2) is 0 Å². The van der Waals surface area contributed by atoms with Gasteiger partial charge < -0.3 is 0 Å². The first-order valence-corrected chi connectivity index (χ1v) is 7.94. The third-order valence-electron chi connectivity index (χ3n) is 2.39. The normalized spacial score (nSPS) is 12.7. The van der Waals surface area contributed by atoms with Crippen molar-refractivity contribution in [1.29, 1.82) is 0 Å². The number of sulfonamides is 2. The van der Waals surface area contributed by atoms with E-state index in [9.17, 15) is 21.9 Å². The predicted octanol–water partition coefficient (Wildman–Crippen LogP) is -0.737. The molecule has 0 atom stereocenters. The molecule has 0 spiro atoms. The molecule has 1 aromatic rings. The van der Waals surface area contributed by atoms with Crippen LogP contribution in [0.15, 0.2) is 21.9 Å². The number of aryl methyl sites for hydroxylation is 1. The lowest BCUT2D eigenvalue weighted by atomic mass is 10.1. The van der Waals surface area contributed by atoms with Crippen LogP contribution >= 0.6 is 0 Å². The number of benzene rings is 1. The van der Waals surface area contributed by atoms with Crippen LogP contribution in [0.4, 0.5) is 0 Å². The average Bonchev–Trinajstić information content (AvgIpc) is 2.17. The van der Waals surface area contributed by atoms with Crippen molar-refractivity contribution in [2.24, 2.45) is 10.3 Å². The van der Waals surface area contributed by atoms with E-state index in [4.69, 9.17) is 10.3 Å². The van der Waals surface area contributed by atoms with Gasteiger partial charge in [-0.05, 0) is 30.2 Å². The van der Waals surface area contributed by atoms with Gasteiger partial charge in [0.2, 0.25) is 20.0 Å². The predicted molar refractivity (Wildman–Crippen MR) is 63.2 cm³/mol. The monoisotopic (exact) mass is 293 g/mol. The maximum atomic E-state index is 11.4. The SMILES string of the molecule is Cc1cc(S(N)(=O)=O)cc(S(N)(=O)=O)c1CC[O]. The second-order valence-corrected chi connectivity index (χ2v) is 6.85. The largest absolute Gasteiger partial charge is 0.238 e. The fourth-order valence-corrected chi connectivity index (χ4v) is 3.19. The molecule has 1 aromatic carbocycles. The first-order chi connectivity index (χ1) is 8.07. The minimum Gasteiger partial charge on any atom is -0.236 e. The molecular formula is C9H13N2O5S2. The average molecular weight is 293 g/mol. The van der Waals surface area contributed by atoms with Crippen LogP contribution in [0.5, 0.6) is 0 Å². The second kappa shape index (κ2) is 4.94. The third kappa shape index (κ3) is 3.27. The lowest BCUT2D eigenvalue weighted by Crippen LogP contribution is -2.19. The summed E-state index contributed by atoms with van der Waals surface area (Å²) >= 11 is 0. The molecule has 1 rings (SSSR count). The molecule has 0 heterocycles. The van der Waals surface area contributed by atoms with Crippen molar-refractivity contribution in [2.45, 2.75) is 23.1 Å². The fourth-order valence-electron chi connectivity index (χ4n) is 1.59. The van der Waals surface area contributed by atoms with Crippen LogP contribution in [0.1, 0.15) is 11.1 Å². The van der Waals surface area contributed by atoms with Gasteiger partial charge in [0.05, 0.1) is 16.4 Å². The highest BCUT2D eigenvalue weighted by molar-refractivity contribution is 7.90. The fraction of sp³-hybridized carbons (Fsp3) is 0.333.